The van der Waals surface area contributed by atoms with Crippen LogP contribution in [0.2, 0.25) is 0 Å². The number of aliphatic carboxylic acids is 1. The van der Waals surface area contributed by atoms with Crippen LogP contribution < -0.4 is 5.32 Å². The molecule has 1 aliphatic carbocycles. The van der Waals surface area contributed by atoms with E-state index in [1.807, 2.05) is 24.3 Å². The minimum Gasteiger partial charge on any atom is -0.480 e. The van der Waals surface area contributed by atoms with E-state index >= 15 is 0 Å². The number of nitrogens with one attached hydrogen (secondary N) is 1. The van der Waals surface area contributed by atoms with Gasteiger partial charge in [-0.15, -0.1) is 0 Å². The van der Waals surface area contributed by atoms with Gasteiger partial charge >= 0.3 is 12.1 Å². The van der Waals surface area contributed by atoms with Crippen LogP contribution in [0.5, 0.6) is 0 Å². The molecule has 3 rings (SSSR count). The Labute approximate surface area is 170 Å². The number of carbonyl (C=O) groups excluding carboxylic acids is 1. The van der Waals surface area contributed by atoms with Gasteiger partial charge in [0.1, 0.15) is 13.2 Å². The number of benzene rings is 2. The molecule has 0 heterocycles. The minimum atomic E-state index is -0.947. The normalized spacial score (nSPS) is 12.3. The van der Waals surface area contributed by atoms with Crippen molar-refractivity contribution in [3.05, 3.63) is 59.7 Å². The Kier molecular flexibility index (Phi) is 7.64. The maximum Gasteiger partial charge on any atom is 0.407 e. The van der Waals surface area contributed by atoms with Crippen LogP contribution in [0.3, 0.4) is 0 Å². The Morgan fingerprint density at radius 2 is 1.52 bits per heavy atom. The van der Waals surface area contributed by atoms with Gasteiger partial charge in [-0.1, -0.05) is 61.4 Å². The third-order valence-corrected chi connectivity index (χ3v) is 5.05. The lowest BCUT2D eigenvalue weighted by molar-refractivity contribution is -0.142. The maximum absolute atomic E-state index is 12.1. The zero-order valence-corrected chi connectivity index (χ0v) is 16.4. The molecular formula is C23H27NO5. The van der Waals surface area contributed by atoms with Crippen molar-refractivity contribution in [2.75, 3.05) is 26.4 Å². The van der Waals surface area contributed by atoms with E-state index in [1.54, 1.807) is 0 Å². The van der Waals surface area contributed by atoms with Gasteiger partial charge in [0.15, 0.2) is 0 Å². The molecule has 0 saturated heterocycles. The number of unbranched alkanes of at least 4 members (excludes halogenated alkanes) is 3. The molecule has 2 N–H and O–H groups in total. The van der Waals surface area contributed by atoms with Gasteiger partial charge in [-0.25, -0.2) is 9.59 Å². The molecular weight excluding hydrogens is 370 g/mol. The summed E-state index contributed by atoms with van der Waals surface area (Å²) < 4.78 is 10.5. The summed E-state index contributed by atoms with van der Waals surface area (Å²) in [5, 5.41) is 11.3. The van der Waals surface area contributed by atoms with Crippen LogP contribution in [0.4, 0.5) is 4.79 Å². The number of amides is 1. The Hall–Kier alpha value is -2.86. The van der Waals surface area contributed by atoms with Crippen molar-refractivity contribution in [1.29, 1.82) is 0 Å². The summed E-state index contributed by atoms with van der Waals surface area (Å²) >= 11 is 0. The number of rotatable bonds is 11. The zero-order valence-electron chi connectivity index (χ0n) is 16.4. The van der Waals surface area contributed by atoms with Crippen molar-refractivity contribution in [3.8, 4) is 11.1 Å². The molecule has 154 valence electrons. The van der Waals surface area contributed by atoms with Gasteiger partial charge in [-0.3, -0.25) is 0 Å². The molecule has 0 atom stereocenters. The molecule has 1 aliphatic rings. The molecule has 2 aromatic carbocycles. The molecule has 0 saturated carbocycles. The number of fused-ring (bicyclic) bond motifs is 3. The molecule has 0 spiro atoms. The van der Waals surface area contributed by atoms with Gasteiger partial charge < -0.3 is 19.9 Å². The fourth-order valence-electron chi connectivity index (χ4n) is 3.68. The van der Waals surface area contributed by atoms with Crippen LogP contribution in [0, 0.1) is 0 Å². The molecule has 29 heavy (non-hydrogen) atoms. The van der Waals surface area contributed by atoms with Crippen LogP contribution >= 0.6 is 0 Å². The number of carbonyl (C=O) groups is 2. The first kappa shape index (κ1) is 20.9. The summed E-state index contributed by atoms with van der Waals surface area (Å²) in [5.74, 6) is -0.878. The highest BCUT2D eigenvalue weighted by Gasteiger charge is 2.28. The van der Waals surface area contributed by atoms with E-state index < -0.39 is 12.1 Å². The van der Waals surface area contributed by atoms with Gasteiger partial charge in [0, 0.05) is 19.1 Å². The monoisotopic (exact) mass is 397 g/mol. The van der Waals surface area contributed by atoms with Crippen LogP contribution in [0.15, 0.2) is 48.5 Å². The summed E-state index contributed by atoms with van der Waals surface area (Å²) in [4.78, 5) is 22.4. The number of carboxylic acid groups (broad SMARTS) is 1. The lowest BCUT2D eigenvalue weighted by Crippen LogP contribution is -2.27. The van der Waals surface area contributed by atoms with Gasteiger partial charge in [0.05, 0.1) is 0 Å². The second-order valence-electron chi connectivity index (χ2n) is 7.11. The largest absolute Gasteiger partial charge is 0.480 e. The van der Waals surface area contributed by atoms with E-state index in [4.69, 9.17) is 14.6 Å². The predicted molar refractivity (Wildman–Crippen MR) is 110 cm³/mol. The Balaban J connectivity index is 1.35. The van der Waals surface area contributed by atoms with Crippen LogP contribution in [-0.2, 0) is 14.3 Å². The highest BCUT2D eigenvalue weighted by atomic mass is 16.5. The van der Waals surface area contributed by atoms with Gasteiger partial charge in [0.25, 0.3) is 0 Å². The first-order chi connectivity index (χ1) is 14.2. The summed E-state index contributed by atoms with van der Waals surface area (Å²) in [6, 6.07) is 16.5. The Morgan fingerprint density at radius 1 is 0.897 bits per heavy atom. The van der Waals surface area contributed by atoms with Crippen LogP contribution in [0.25, 0.3) is 11.1 Å². The van der Waals surface area contributed by atoms with Crippen molar-refractivity contribution < 1.29 is 24.2 Å². The van der Waals surface area contributed by atoms with Gasteiger partial charge in [-0.05, 0) is 35.1 Å². The predicted octanol–water partition coefficient (Wildman–Crippen LogP) is 4.19. The summed E-state index contributed by atoms with van der Waals surface area (Å²) in [7, 11) is 0. The molecule has 0 radical (unpaired) electrons. The van der Waals surface area contributed by atoms with E-state index in [0.717, 1.165) is 25.7 Å². The maximum atomic E-state index is 12.1. The Bertz CT molecular complexity index is 790. The second kappa shape index (κ2) is 10.6. The van der Waals surface area contributed by atoms with E-state index in [1.165, 1.54) is 22.3 Å². The third kappa shape index (κ3) is 5.81. The van der Waals surface area contributed by atoms with E-state index in [9.17, 15) is 9.59 Å². The quantitative estimate of drug-likeness (QED) is 0.556. The molecule has 0 fully saturated rings. The van der Waals surface area contributed by atoms with Crippen molar-refractivity contribution in [2.45, 2.75) is 31.6 Å². The molecule has 0 aromatic heterocycles. The standard InChI is InChI=1S/C23H27NO5/c25-22(26)16-28-14-8-2-1-7-13-24-23(27)29-15-21-19-11-5-3-9-17(19)18-10-4-6-12-20(18)21/h3-6,9-12,21H,1-2,7-8,13-16H2,(H,24,27)(H,25,26). The lowest BCUT2D eigenvalue weighted by atomic mass is 9.98. The Morgan fingerprint density at radius 3 is 2.17 bits per heavy atom. The zero-order chi connectivity index (χ0) is 20.5. The number of carboxylic acids is 1. The molecule has 2 aromatic rings. The highest BCUT2D eigenvalue weighted by Crippen LogP contribution is 2.44. The molecule has 0 unspecified atom stereocenters. The SMILES string of the molecule is O=C(O)COCCCCCCNC(=O)OCC1c2ccccc2-c2ccccc21. The summed E-state index contributed by atoms with van der Waals surface area (Å²) in [6.45, 7) is 1.09. The molecule has 1 amide bonds. The van der Waals surface area contributed by atoms with E-state index in [0.29, 0.717) is 19.8 Å². The molecule has 0 aliphatic heterocycles. The first-order valence-electron chi connectivity index (χ1n) is 10.0. The molecule has 0 bridgehead atoms. The van der Waals surface area contributed by atoms with Gasteiger partial charge in [-0.2, -0.15) is 0 Å². The average Bonchev–Trinajstić information content (AvgIpc) is 3.04. The highest BCUT2D eigenvalue weighted by molar-refractivity contribution is 5.79. The van der Waals surface area contributed by atoms with Crippen molar-refractivity contribution in [3.63, 3.8) is 0 Å². The third-order valence-electron chi connectivity index (χ3n) is 5.05. The first-order valence-corrected chi connectivity index (χ1v) is 10.0. The number of alkyl carbamates (subject to hydrolysis) is 1. The van der Waals surface area contributed by atoms with Crippen molar-refractivity contribution in [1.82, 2.24) is 5.32 Å². The molecule has 6 heteroatoms. The average molecular weight is 397 g/mol. The fraction of sp³-hybridized carbons (Fsp3) is 0.391. The lowest BCUT2D eigenvalue weighted by Gasteiger charge is -2.14. The molecule has 6 nitrogen and oxygen atoms in total. The minimum absolute atomic E-state index is 0.0685. The number of ether oxygens (including phenoxy) is 2. The number of hydrogen-bond acceptors (Lipinski definition) is 4. The topological polar surface area (TPSA) is 84.9 Å². The van der Waals surface area contributed by atoms with Crippen LogP contribution in [-0.4, -0.2) is 43.5 Å². The van der Waals surface area contributed by atoms with Gasteiger partial charge in [0.2, 0.25) is 0 Å². The van der Waals surface area contributed by atoms with E-state index in [-0.39, 0.29) is 12.5 Å². The number of hydrogen-bond donors (Lipinski definition) is 2. The summed E-state index contributed by atoms with van der Waals surface area (Å²) in [6.07, 6.45) is 3.16. The summed E-state index contributed by atoms with van der Waals surface area (Å²) in [5.41, 5.74) is 4.83. The fourth-order valence-corrected chi connectivity index (χ4v) is 3.68. The van der Waals surface area contributed by atoms with Crippen LogP contribution in [0.1, 0.15) is 42.7 Å². The van der Waals surface area contributed by atoms with E-state index in [2.05, 4.69) is 29.6 Å². The second-order valence-corrected chi connectivity index (χ2v) is 7.11. The smallest absolute Gasteiger partial charge is 0.407 e. The van der Waals surface area contributed by atoms with Crippen molar-refractivity contribution >= 4 is 12.1 Å². The van der Waals surface area contributed by atoms with Crippen molar-refractivity contribution in [2.24, 2.45) is 0 Å².